The van der Waals surface area contributed by atoms with Gasteiger partial charge in [-0.2, -0.15) is 0 Å². The number of amides is 1. The number of nitrogens with zero attached hydrogens (tertiary/aromatic N) is 4. The first-order chi connectivity index (χ1) is 28.7. The van der Waals surface area contributed by atoms with Crippen molar-refractivity contribution in [1.29, 1.82) is 0 Å². The highest BCUT2D eigenvalue weighted by molar-refractivity contribution is 6.74. The summed E-state index contributed by atoms with van der Waals surface area (Å²) in [6, 6.07) is 5.73. The third-order valence-corrected chi connectivity index (χ3v) is 16.4. The fraction of sp³-hybridized carbons (Fsp3) is 0.565. The quantitative estimate of drug-likeness (QED) is 0.0668. The van der Waals surface area contributed by atoms with Crippen molar-refractivity contribution in [3.63, 3.8) is 0 Å². The Balaban J connectivity index is 1.61. The largest absolute Gasteiger partial charge is 0.514 e. The van der Waals surface area contributed by atoms with Crippen molar-refractivity contribution in [3.8, 4) is 11.6 Å². The van der Waals surface area contributed by atoms with E-state index in [2.05, 4.69) is 10.1 Å². The minimum Gasteiger partial charge on any atom is -0.507 e. The molecule has 3 aliphatic rings. The summed E-state index contributed by atoms with van der Waals surface area (Å²) in [5.74, 6) is -3.14. The Morgan fingerprint density at radius 1 is 0.935 bits per heavy atom. The van der Waals surface area contributed by atoms with Gasteiger partial charge in [-0.05, 0) is 128 Å². The van der Waals surface area contributed by atoms with Crippen LogP contribution >= 0.6 is 0 Å². The number of aromatic nitrogens is 2. The van der Waals surface area contributed by atoms with E-state index in [0.717, 1.165) is 6.42 Å². The Morgan fingerprint density at radius 2 is 1.58 bits per heavy atom. The van der Waals surface area contributed by atoms with Crippen LogP contribution in [-0.4, -0.2) is 89.8 Å². The van der Waals surface area contributed by atoms with Gasteiger partial charge in [0.15, 0.2) is 19.7 Å². The second kappa shape index (κ2) is 16.6. The molecule has 62 heavy (non-hydrogen) atoms. The van der Waals surface area contributed by atoms with Crippen molar-refractivity contribution in [2.24, 2.45) is 11.8 Å². The van der Waals surface area contributed by atoms with Crippen molar-refractivity contribution in [2.75, 3.05) is 25.6 Å². The second-order valence-electron chi connectivity index (χ2n) is 20.2. The Bertz CT molecular complexity index is 2270. The fourth-order valence-electron chi connectivity index (χ4n) is 8.27. The molecule has 0 radical (unpaired) electrons. The average molecular weight is 875 g/mol. The number of fused-ring (bicyclic) bond motifs is 4. The second-order valence-corrected chi connectivity index (χ2v) is 24.9. The first-order valence-corrected chi connectivity index (χ1v) is 24.2. The van der Waals surface area contributed by atoms with E-state index >= 15 is 9.59 Å². The van der Waals surface area contributed by atoms with Gasteiger partial charge >= 0.3 is 12.2 Å². The minimum absolute atomic E-state index is 0.00612. The maximum Gasteiger partial charge on any atom is 0.514 e. The van der Waals surface area contributed by atoms with Crippen LogP contribution in [0.25, 0.3) is 5.76 Å². The number of aliphatic hydroxyl groups excluding tert-OH is 1. The molecule has 4 atom stereocenters. The summed E-state index contributed by atoms with van der Waals surface area (Å²) >= 11 is 0. The number of Topliss-reactive ketones (excluding diaryl/α,β-unsaturated/α-hetero) is 2. The predicted molar refractivity (Wildman–Crippen MR) is 234 cm³/mol. The van der Waals surface area contributed by atoms with Crippen molar-refractivity contribution in [2.45, 2.75) is 136 Å². The van der Waals surface area contributed by atoms with Gasteiger partial charge in [0, 0.05) is 30.0 Å². The molecule has 2 aromatic heterocycles. The third-order valence-electron chi connectivity index (χ3n) is 11.9. The molecule has 1 saturated carbocycles. The van der Waals surface area contributed by atoms with Crippen LogP contribution in [0.3, 0.4) is 0 Å². The lowest BCUT2D eigenvalue weighted by Gasteiger charge is -2.55. The summed E-state index contributed by atoms with van der Waals surface area (Å²) in [6.45, 7) is 22.6. The van der Waals surface area contributed by atoms with Crippen LogP contribution in [0.15, 0.2) is 46.8 Å². The van der Waals surface area contributed by atoms with Gasteiger partial charge in [0.1, 0.15) is 28.3 Å². The molecule has 0 bridgehead atoms. The van der Waals surface area contributed by atoms with Crippen LogP contribution in [-0.2, 0) is 25.1 Å². The normalized spacial score (nSPS) is 21.4. The molecule has 0 aliphatic heterocycles. The van der Waals surface area contributed by atoms with Crippen molar-refractivity contribution < 1.29 is 52.2 Å². The van der Waals surface area contributed by atoms with Crippen LogP contribution in [0.1, 0.15) is 122 Å². The van der Waals surface area contributed by atoms with Gasteiger partial charge in [-0.3, -0.25) is 19.5 Å². The Morgan fingerprint density at radius 3 is 2.16 bits per heavy atom. The van der Waals surface area contributed by atoms with Crippen LogP contribution in [0, 0.1) is 11.8 Å². The van der Waals surface area contributed by atoms with Crippen molar-refractivity contribution >= 4 is 49.3 Å². The highest BCUT2D eigenvalue weighted by Crippen LogP contribution is 2.59. The number of ketones is 2. The number of carbonyl (C=O) groups is 4. The molecule has 1 amide bonds. The molecule has 1 fully saturated rings. The predicted octanol–water partition coefficient (Wildman–Crippen LogP) is 9.93. The zero-order valence-electron chi connectivity index (χ0n) is 38.6. The van der Waals surface area contributed by atoms with Gasteiger partial charge in [-0.25, -0.2) is 14.5 Å². The molecule has 6 rings (SSSR count). The molecule has 0 saturated heterocycles. The maximum absolute atomic E-state index is 15.9. The molecule has 1 aromatic carbocycles. The molecule has 16 heteroatoms. The molecular weight excluding hydrogens is 813 g/mol. The number of rotatable bonds is 10. The topological polar surface area (TPSA) is 180 Å². The third kappa shape index (κ3) is 8.65. The molecule has 3 aromatic rings. The Labute approximate surface area is 365 Å². The number of hydrogen-bond donors (Lipinski definition) is 1. The van der Waals surface area contributed by atoms with Gasteiger partial charge in [0.2, 0.25) is 11.6 Å². The van der Waals surface area contributed by atoms with E-state index in [4.69, 9.17) is 27.9 Å². The van der Waals surface area contributed by atoms with Gasteiger partial charge in [0.25, 0.3) is 5.88 Å². The van der Waals surface area contributed by atoms with Crippen LogP contribution in [0.4, 0.5) is 21.0 Å². The molecule has 3 aliphatic carbocycles. The van der Waals surface area contributed by atoms with Crippen LogP contribution in [0.5, 0.6) is 11.6 Å². The number of carbonyl (C=O) groups excluding carboxylic acids is 4. The number of aliphatic hydroxyl groups is 1. The lowest BCUT2D eigenvalue weighted by molar-refractivity contribution is -0.140. The Kier molecular flexibility index (Phi) is 12.4. The number of hydrogen-bond acceptors (Lipinski definition) is 14. The summed E-state index contributed by atoms with van der Waals surface area (Å²) < 4.78 is 36.6. The number of benzene rings is 1. The van der Waals surface area contributed by atoms with Gasteiger partial charge < -0.3 is 33.0 Å². The van der Waals surface area contributed by atoms with Gasteiger partial charge in [-0.1, -0.05) is 34.1 Å². The lowest BCUT2D eigenvalue weighted by Crippen LogP contribution is -2.68. The lowest BCUT2D eigenvalue weighted by atomic mass is 9.57. The molecule has 0 unspecified atom stereocenters. The van der Waals surface area contributed by atoms with E-state index < -0.39 is 77.6 Å². The molecule has 1 N–H and O–H groups in total. The smallest absolute Gasteiger partial charge is 0.507 e. The number of ether oxygens (including phenoxy) is 4. The number of unbranched alkanes of at least 4 members (excludes halogenated alkanes) is 1. The molecule has 0 spiro atoms. The monoisotopic (exact) mass is 874 g/mol. The molecule has 336 valence electrons. The first kappa shape index (κ1) is 46.4. The number of pyridine rings is 1. The summed E-state index contributed by atoms with van der Waals surface area (Å²) in [7, 11) is 0.709. The van der Waals surface area contributed by atoms with Crippen LogP contribution in [0.2, 0.25) is 18.1 Å². The van der Waals surface area contributed by atoms with E-state index in [1.54, 1.807) is 59.7 Å². The van der Waals surface area contributed by atoms with Crippen molar-refractivity contribution in [1.82, 2.24) is 15.0 Å². The Hall–Kier alpha value is -5.06. The van der Waals surface area contributed by atoms with E-state index in [0.29, 0.717) is 17.7 Å². The summed E-state index contributed by atoms with van der Waals surface area (Å²) in [5, 5.41) is 16.4. The SMILES string of the molecule is CCCCOc1noc2c1C(=O)[C@@]1(O[Si](C)(C)C(C)(C)C)C(=O)C3=C(O)c4c(cc(N(C(=O)OC(C)(C)C)c5ccncc5)cc4OC(=O)OC(C)(C)C)C[C@H]3C[C@H]1[C@@H]2N(C)C. The van der Waals surface area contributed by atoms with Gasteiger partial charge in [0.05, 0.1) is 29.6 Å². The standard InChI is InChI=1S/C46H62N4O11Si/c1-15-16-21-56-40-34-37(60-48-40)35(49(11)12)30-24-27-22-26-23-29(50(28-17-19-47-20-18-28)41(54)58-43(2,3)4)25-31(57-42(55)59-44(5,6)7)32(26)36(51)33(27)38(52)46(30,39(34)53)61-62(13,14)45(8,9)10/h17-20,23,25,27,30,35,51H,15-16,21-22,24H2,1-14H3/t27-,30-,35-,46-/m0/s1. The summed E-state index contributed by atoms with van der Waals surface area (Å²) in [4.78, 5) is 66.2. The zero-order valence-corrected chi connectivity index (χ0v) is 39.6. The number of anilines is 2. The van der Waals surface area contributed by atoms with E-state index in [9.17, 15) is 14.7 Å². The maximum atomic E-state index is 15.9. The van der Waals surface area contributed by atoms with Crippen LogP contribution < -0.4 is 14.4 Å². The highest BCUT2D eigenvalue weighted by atomic mass is 28.4. The molecular formula is C46H62N4O11Si. The van der Waals surface area contributed by atoms with Gasteiger partial charge in [-0.15, -0.1) is 0 Å². The molecule has 2 heterocycles. The zero-order chi connectivity index (χ0) is 45.9. The minimum atomic E-state index is -2.99. The van der Waals surface area contributed by atoms with E-state index in [1.165, 1.54) is 23.4 Å². The average Bonchev–Trinajstić information content (AvgIpc) is 3.54. The fourth-order valence-corrected chi connectivity index (χ4v) is 9.72. The molecule has 15 nitrogen and oxygen atoms in total. The summed E-state index contributed by atoms with van der Waals surface area (Å²) in [6.07, 6.45) is 3.15. The van der Waals surface area contributed by atoms with Crippen molar-refractivity contribution in [3.05, 3.63) is 64.7 Å². The highest BCUT2D eigenvalue weighted by Gasteiger charge is 2.69. The first-order valence-electron chi connectivity index (χ1n) is 21.2. The van der Waals surface area contributed by atoms with E-state index in [1.807, 2.05) is 59.8 Å². The summed E-state index contributed by atoms with van der Waals surface area (Å²) in [5.41, 5.74) is -2.75. The van der Waals surface area contributed by atoms with E-state index in [-0.39, 0.29) is 59.2 Å².